The van der Waals surface area contributed by atoms with Crippen molar-refractivity contribution in [3.63, 3.8) is 0 Å². The predicted octanol–water partition coefficient (Wildman–Crippen LogP) is 4.79. The highest BCUT2D eigenvalue weighted by atomic mass is 19.1. The first kappa shape index (κ1) is 21.2. The van der Waals surface area contributed by atoms with Crippen molar-refractivity contribution in [1.82, 2.24) is 14.7 Å². The smallest absolute Gasteiger partial charge is 0.313 e. The summed E-state index contributed by atoms with van der Waals surface area (Å²) >= 11 is 0. The van der Waals surface area contributed by atoms with Crippen LogP contribution in [0.25, 0.3) is 11.3 Å². The molecule has 2 aromatic carbocycles. The maximum Gasteiger partial charge on any atom is 0.313 e. The molecule has 4 rings (SSSR count). The molecule has 1 aromatic heterocycles. The lowest BCUT2D eigenvalue weighted by Gasteiger charge is -2.28. The fourth-order valence-corrected chi connectivity index (χ4v) is 3.82. The van der Waals surface area contributed by atoms with Crippen molar-refractivity contribution in [1.29, 1.82) is 0 Å². The molecule has 0 saturated heterocycles. The summed E-state index contributed by atoms with van der Waals surface area (Å²) in [6.45, 7) is 7.82. The van der Waals surface area contributed by atoms with E-state index in [0.717, 1.165) is 30.8 Å². The third-order valence-corrected chi connectivity index (χ3v) is 5.53. The maximum absolute atomic E-state index is 14.5. The van der Waals surface area contributed by atoms with Gasteiger partial charge >= 0.3 is 5.97 Å². The van der Waals surface area contributed by atoms with Crippen LogP contribution in [0.1, 0.15) is 37.6 Å². The summed E-state index contributed by atoms with van der Waals surface area (Å²) in [5.74, 6) is -0.588. The standard InChI is InChI=1S/C25H28FN3O2/c1-25(2,3)24(30)31-17-29-22-16-28(15-18-9-5-4-6-10-18)14-13-20(22)23(27-29)19-11-7-8-12-21(19)26/h4-12H,13-17H2,1-3H3. The summed E-state index contributed by atoms with van der Waals surface area (Å²) in [5.41, 5.74) is 3.77. The monoisotopic (exact) mass is 421 g/mol. The van der Waals surface area contributed by atoms with Gasteiger partial charge in [0, 0.05) is 30.8 Å². The Kier molecular flexibility index (Phi) is 5.92. The zero-order valence-electron chi connectivity index (χ0n) is 18.3. The zero-order valence-corrected chi connectivity index (χ0v) is 18.3. The average molecular weight is 422 g/mol. The number of rotatable bonds is 5. The molecule has 0 N–H and O–H groups in total. The molecule has 162 valence electrons. The van der Waals surface area contributed by atoms with Gasteiger partial charge in [0.15, 0.2) is 6.73 Å². The van der Waals surface area contributed by atoms with Gasteiger partial charge in [0.25, 0.3) is 0 Å². The molecule has 1 aliphatic rings. The topological polar surface area (TPSA) is 47.4 Å². The summed E-state index contributed by atoms with van der Waals surface area (Å²) < 4.78 is 21.8. The lowest BCUT2D eigenvalue weighted by Crippen LogP contribution is -2.32. The van der Waals surface area contributed by atoms with Gasteiger partial charge in [-0.05, 0) is 44.9 Å². The van der Waals surface area contributed by atoms with E-state index in [4.69, 9.17) is 9.84 Å². The second kappa shape index (κ2) is 8.63. The van der Waals surface area contributed by atoms with E-state index in [1.165, 1.54) is 11.6 Å². The molecule has 0 saturated carbocycles. The molecular formula is C25H28FN3O2. The van der Waals surface area contributed by atoms with Crippen LogP contribution in [0.2, 0.25) is 0 Å². The lowest BCUT2D eigenvalue weighted by atomic mass is 9.97. The molecule has 0 fully saturated rings. The summed E-state index contributed by atoms with van der Waals surface area (Å²) in [5, 5.41) is 4.69. The minimum Gasteiger partial charge on any atom is -0.442 e. The maximum atomic E-state index is 14.5. The minimum absolute atomic E-state index is 0.0199. The normalized spacial score (nSPS) is 14.3. The van der Waals surface area contributed by atoms with Gasteiger partial charge in [0.1, 0.15) is 5.82 Å². The van der Waals surface area contributed by atoms with Gasteiger partial charge in [-0.2, -0.15) is 5.10 Å². The van der Waals surface area contributed by atoms with E-state index < -0.39 is 5.41 Å². The molecule has 0 atom stereocenters. The van der Waals surface area contributed by atoms with E-state index in [1.54, 1.807) is 16.8 Å². The summed E-state index contributed by atoms with van der Waals surface area (Å²) in [7, 11) is 0. The van der Waals surface area contributed by atoms with Gasteiger partial charge < -0.3 is 4.74 Å². The molecule has 6 heteroatoms. The molecule has 0 amide bonds. The van der Waals surface area contributed by atoms with Crippen LogP contribution in [0.15, 0.2) is 54.6 Å². The Morgan fingerprint density at radius 2 is 1.81 bits per heavy atom. The van der Waals surface area contributed by atoms with Crippen LogP contribution in [0, 0.1) is 11.2 Å². The molecule has 0 aliphatic carbocycles. The van der Waals surface area contributed by atoms with Crippen molar-refractivity contribution in [2.75, 3.05) is 6.54 Å². The van der Waals surface area contributed by atoms with E-state index >= 15 is 0 Å². The number of benzene rings is 2. The Morgan fingerprint density at radius 1 is 1.10 bits per heavy atom. The van der Waals surface area contributed by atoms with Crippen LogP contribution in [0.4, 0.5) is 4.39 Å². The van der Waals surface area contributed by atoms with Crippen LogP contribution >= 0.6 is 0 Å². The number of hydrogen-bond donors (Lipinski definition) is 0. The molecule has 3 aromatic rings. The Balaban J connectivity index is 1.64. The van der Waals surface area contributed by atoms with Crippen molar-refractivity contribution >= 4 is 5.97 Å². The first-order valence-electron chi connectivity index (χ1n) is 10.6. The van der Waals surface area contributed by atoms with Gasteiger partial charge in [0.05, 0.1) is 16.8 Å². The molecule has 0 bridgehead atoms. The second-order valence-corrected chi connectivity index (χ2v) is 9.01. The molecule has 5 nitrogen and oxygen atoms in total. The summed E-state index contributed by atoms with van der Waals surface area (Å²) in [4.78, 5) is 14.6. The van der Waals surface area contributed by atoms with Crippen LogP contribution in [0.3, 0.4) is 0 Å². The highest BCUT2D eigenvalue weighted by Gasteiger charge is 2.28. The lowest BCUT2D eigenvalue weighted by molar-refractivity contribution is -0.157. The van der Waals surface area contributed by atoms with Crippen molar-refractivity contribution < 1.29 is 13.9 Å². The molecule has 31 heavy (non-hydrogen) atoms. The number of nitrogens with zero attached hydrogens (tertiary/aromatic N) is 3. The number of halogens is 1. The highest BCUT2D eigenvalue weighted by Crippen LogP contribution is 2.32. The molecule has 1 aliphatic heterocycles. The Bertz CT molecular complexity index is 1070. The summed E-state index contributed by atoms with van der Waals surface area (Å²) in [6, 6.07) is 17.0. The van der Waals surface area contributed by atoms with Crippen LogP contribution in [-0.4, -0.2) is 27.2 Å². The van der Waals surface area contributed by atoms with E-state index in [1.807, 2.05) is 45.0 Å². The van der Waals surface area contributed by atoms with Crippen LogP contribution in [0.5, 0.6) is 0 Å². The quantitative estimate of drug-likeness (QED) is 0.556. The van der Waals surface area contributed by atoms with E-state index in [0.29, 0.717) is 17.8 Å². The molecule has 0 unspecified atom stereocenters. The van der Waals surface area contributed by atoms with Gasteiger partial charge in [-0.1, -0.05) is 42.5 Å². The number of carbonyl (C=O) groups is 1. The number of fused-ring (bicyclic) bond motifs is 1. The number of aromatic nitrogens is 2. The van der Waals surface area contributed by atoms with Gasteiger partial charge in [-0.25, -0.2) is 9.07 Å². The second-order valence-electron chi connectivity index (χ2n) is 9.01. The molecular weight excluding hydrogens is 393 g/mol. The van der Waals surface area contributed by atoms with Crippen molar-refractivity contribution in [2.45, 2.75) is 47.0 Å². The third-order valence-electron chi connectivity index (χ3n) is 5.53. The van der Waals surface area contributed by atoms with Gasteiger partial charge in [-0.15, -0.1) is 0 Å². The molecule has 0 radical (unpaired) electrons. The Morgan fingerprint density at radius 3 is 2.52 bits per heavy atom. The zero-order chi connectivity index (χ0) is 22.0. The number of esters is 1. The largest absolute Gasteiger partial charge is 0.442 e. The van der Waals surface area contributed by atoms with Crippen molar-refractivity contribution in [3.05, 3.63) is 77.2 Å². The van der Waals surface area contributed by atoms with Crippen LogP contribution in [-0.2, 0) is 35.8 Å². The fraction of sp³-hybridized carbons (Fsp3) is 0.360. The Labute approximate surface area is 182 Å². The molecule has 2 heterocycles. The van der Waals surface area contributed by atoms with Crippen molar-refractivity contribution in [3.8, 4) is 11.3 Å². The van der Waals surface area contributed by atoms with E-state index in [2.05, 4.69) is 17.0 Å². The van der Waals surface area contributed by atoms with E-state index in [-0.39, 0.29) is 18.5 Å². The number of ether oxygens (including phenoxy) is 1. The van der Waals surface area contributed by atoms with Gasteiger partial charge in [0.2, 0.25) is 0 Å². The average Bonchev–Trinajstić information content (AvgIpc) is 3.10. The number of carbonyl (C=O) groups excluding carboxylic acids is 1. The minimum atomic E-state index is -0.596. The van der Waals surface area contributed by atoms with Crippen molar-refractivity contribution in [2.24, 2.45) is 5.41 Å². The number of hydrogen-bond acceptors (Lipinski definition) is 4. The van der Waals surface area contributed by atoms with Crippen LogP contribution < -0.4 is 0 Å². The Hall–Kier alpha value is -2.99. The predicted molar refractivity (Wildman–Crippen MR) is 117 cm³/mol. The molecule has 0 spiro atoms. The first-order chi connectivity index (χ1) is 14.8. The summed E-state index contributed by atoms with van der Waals surface area (Å²) in [6.07, 6.45) is 0.763. The van der Waals surface area contributed by atoms with Gasteiger partial charge in [-0.3, -0.25) is 9.69 Å². The SMILES string of the molecule is CC(C)(C)C(=O)OCn1nc(-c2ccccc2F)c2c1CN(Cc1ccccc1)CC2. The fourth-order valence-electron chi connectivity index (χ4n) is 3.82. The van der Waals surface area contributed by atoms with E-state index in [9.17, 15) is 9.18 Å². The highest BCUT2D eigenvalue weighted by molar-refractivity contribution is 5.75. The first-order valence-corrected chi connectivity index (χ1v) is 10.6. The third kappa shape index (κ3) is 4.69.